The minimum absolute atomic E-state index is 0.0587. The van der Waals surface area contributed by atoms with E-state index >= 15 is 0 Å². The first-order valence-corrected chi connectivity index (χ1v) is 14.4. The Balaban J connectivity index is 2.25. The Hall–Kier alpha value is -2.78. The molecule has 1 atom stereocenters. The van der Waals surface area contributed by atoms with Crippen LogP contribution in [0.5, 0.6) is 5.75 Å². The first kappa shape index (κ1) is 29.5. The summed E-state index contributed by atoms with van der Waals surface area (Å²) < 4.78 is 32.1. The highest BCUT2D eigenvalue weighted by molar-refractivity contribution is 7.92. The fourth-order valence-electron chi connectivity index (χ4n) is 3.94. The van der Waals surface area contributed by atoms with Gasteiger partial charge in [-0.05, 0) is 50.5 Å². The quantitative estimate of drug-likeness (QED) is 0.389. The zero-order valence-corrected chi connectivity index (χ0v) is 22.9. The second kappa shape index (κ2) is 14.1. The van der Waals surface area contributed by atoms with E-state index in [0.29, 0.717) is 36.0 Å². The number of hydrogen-bond acceptors (Lipinski definition) is 5. The lowest BCUT2D eigenvalue weighted by Gasteiger charge is -2.31. The van der Waals surface area contributed by atoms with Crippen molar-refractivity contribution in [2.45, 2.75) is 52.6 Å². The summed E-state index contributed by atoms with van der Waals surface area (Å²) in [5.41, 5.74) is 1.16. The van der Waals surface area contributed by atoms with Crippen LogP contribution in [-0.4, -0.2) is 57.1 Å². The summed E-state index contributed by atoms with van der Waals surface area (Å²) in [6, 6.07) is 13.4. The van der Waals surface area contributed by atoms with Crippen LogP contribution in [0.2, 0.25) is 5.02 Å². The average Bonchev–Trinajstić information content (AvgIpc) is 2.83. The van der Waals surface area contributed by atoms with Gasteiger partial charge in [-0.1, -0.05) is 48.9 Å². The number of likely N-dealkylation sites (N-methyl/N-ethyl adjacent to an activating group) is 1. The second-order valence-corrected chi connectivity index (χ2v) is 10.6. The van der Waals surface area contributed by atoms with Gasteiger partial charge in [-0.25, -0.2) is 8.42 Å². The molecule has 0 unspecified atom stereocenters. The van der Waals surface area contributed by atoms with Crippen LogP contribution in [0, 0.1) is 0 Å². The Bertz CT molecular complexity index is 1130. The van der Waals surface area contributed by atoms with Crippen LogP contribution in [0.1, 0.15) is 45.6 Å². The Kier molecular flexibility index (Phi) is 11.5. The Morgan fingerprint density at radius 1 is 1.06 bits per heavy atom. The van der Waals surface area contributed by atoms with Crippen molar-refractivity contribution in [1.82, 2.24) is 10.2 Å². The van der Waals surface area contributed by atoms with E-state index in [1.165, 1.54) is 9.21 Å². The molecule has 0 spiro atoms. The van der Waals surface area contributed by atoms with Crippen molar-refractivity contribution in [2.75, 3.05) is 30.3 Å². The van der Waals surface area contributed by atoms with Crippen LogP contribution >= 0.6 is 11.6 Å². The van der Waals surface area contributed by atoms with Crippen LogP contribution in [0.3, 0.4) is 0 Å². The predicted octanol–water partition coefficient (Wildman–Crippen LogP) is 4.23. The molecular weight excluding hydrogens is 502 g/mol. The SMILES string of the molecule is CCNC(=O)[C@H](CC)N(Cc1ccccc1Cl)C(=O)CCCN(c1ccccc1OCC)S(C)(=O)=O. The number of nitrogens with one attached hydrogen (secondary N) is 1. The lowest BCUT2D eigenvalue weighted by molar-refractivity contribution is -0.141. The summed E-state index contributed by atoms with van der Waals surface area (Å²) in [4.78, 5) is 27.7. The number of amides is 2. The lowest BCUT2D eigenvalue weighted by Crippen LogP contribution is -2.49. The molecule has 0 radical (unpaired) electrons. The van der Waals surface area contributed by atoms with Gasteiger partial charge in [-0.2, -0.15) is 0 Å². The molecule has 2 rings (SSSR count). The van der Waals surface area contributed by atoms with E-state index in [0.717, 1.165) is 11.8 Å². The standard InChI is InChI=1S/C26H36ClN3O5S/c1-5-22(26(32)28-6-2)29(19-20-13-8-9-14-21(20)27)25(31)17-12-18-30(36(4,33)34)23-15-10-11-16-24(23)35-7-3/h8-11,13-16,22H,5-7,12,17-19H2,1-4H3,(H,28,32)/t22-/m0/s1. The Labute approximate surface area is 219 Å². The molecule has 36 heavy (non-hydrogen) atoms. The summed E-state index contributed by atoms with van der Waals surface area (Å²) in [6.07, 6.45) is 1.88. The van der Waals surface area contributed by atoms with E-state index in [2.05, 4.69) is 5.32 Å². The van der Waals surface area contributed by atoms with Crippen molar-refractivity contribution in [3.63, 3.8) is 0 Å². The van der Waals surface area contributed by atoms with E-state index < -0.39 is 16.1 Å². The number of nitrogens with zero attached hydrogens (tertiary/aromatic N) is 2. The molecule has 0 aliphatic carbocycles. The van der Waals surface area contributed by atoms with Crippen LogP contribution in [0.4, 0.5) is 5.69 Å². The first-order valence-electron chi connectivity index (χ1n) is 12.1. The van der Waals surface area contributed by atoms with Crippen molar-refractivity contribution in [3.8, 4) is 5.75 Å². The number of halogens is 1. The molecular formula is C26H36ClN3O5S. The average molecular weight is 538 g/mol. The van der Waals surface area contributed by atoms with E-state index in [9.17, 15) is 18.0 Å². The maximum Gasteiger partial charge on any atom is 0.242 e. The number of anilines is 1. The predicted molar refractivity (Wildman–Crippen MR) is 144 cm³/mol. The van der Waals surface area contributed by atoms with Crippen molar-refractivity contribution < 1.29 is 22.7 Å². The molecule has 198 valence electrons. The van der Waals surface area contributed by atoms with Crippen molar-refractivity contribution in [1.29, 1.82) is 0 Å². The molecule has 10 heteroatoms. The molecule has 0 fully saturated rings. The van der Waals surface area contributed by atoms with Gasteiger partial charge in [-0.3, -0.25) is 13.9 Å². The number of ether oxygens (including phenoxy) is 1. The van der Waals surface area contributed by atoms with Gasteiger partial charge in [0, 0.05) is 31.1 Å². The Morgan fingerprint density at radius 2 is 1.72 bits per heavy atom. The number of rotatable bonds is 14. The van der Waals surface area contributed by atoms with Crippen LogP contribution < -0.4 is 14.4 Å². The van der Waals surface area contributed by atoms with Gasteiger partial charge in [0.05, 0.1) is 18.6 Å². The van der Waals surface area contributed by atoms with Crippen molar-refractivity contribution >= 4 is 39.1 Å². The molecule has 2 aromatic carbocycles. The largest absolute Gasteiger partial charge is 0.492 e. The fourth-order valence-corrected chi connectivity index (χ4v) is 5.11. The van der Waals surface area contributed by atoms with Gasteiger partial charge in [0.1, 0.15) is 11.8 Å². The maximum absolute atomic E-state index is 13.4. The molecule has 2 aromatic rings. The summed E-state index contributed by atoms with van der Waals surface area (Å²) in [6.45, 7) is 6.61. The fraction of sp³-hybridized carbons (Fsp3) is 0.462. The highest BCUT2D eigenvalue weighted by Gasteiger charge is 2.29. The van der Waals surface area contributed by atoms with Gasteiger partial charge in [0.15, 0.2) is 0 Å². The maximum atomic E-state index is 13.4. The molecule has 0 heterocycles. The van der Waals surface area contributed by atoms with Gasteiger partial charge >= 0.3 is 0 Å². The number of benzene rings is 2. The van der Waals surface area contributed by atoms with Crippen LogP contribution in [-0.2, 0) is 26.2 Å². The summed E-state index contributed by atoms with van der Waals surface area (Å²) in [5, 5.41) is 3.31. The number of carbonyl (C=O) groups excluding carboxylic acids is 2. The molecule has 1 N–H and O–H groups in total. The third kappa shape index (κ3) is 8.13. The third-order valence-electron chi connectivity index (χ3n) is 5.62. The highest BCUT2D eigenvalue weighted by atomic mass is 35.5. The zero-order chi connectivity index (χ0) is 26.7. The second-order valence-electron chi connectivity index (χ2n) is 8.27. The third-order valence-corrected chi connectivity index (χ3v) is 7.17. The smallest absolute Gasteiger partial charge is 0.242 e. The highest BCUT2D eigenvalue weighted by Crippen LogP contribution is 2.30. The van der Waals surface area contributed by atoms with E-state index in [1.54, 1.807) is 36.4 Å². The van der Waals surface area contributed by atoms with Crippen LogP contribution in [0.15, 0.2) is 48.5 Å². The number of sulfonamides is 1. The first-order chi connectivity index (χ1) is 17.1. The normalized spacial score (nSPS) is 12.0. The van der Waals surface area contributed by atoms with Gasteiger partial charge in [-0.15, -0.1) is 0 Å². The van der Waals surface area contributed by atoms with Gasteiger partial charge in [0.2, 0.25) is 21.8 Å². The minimum atomic E-state index is -3.63. The summed E-state index contributed by atoms with van der Waals surface area (Å²) in [7, 11) is -3.63. The van der Waals surface area contributed by atoms with E-state index in [1.807, 2.05) is 32.9 Å². The van der Waals surface area contributed by atoms with Gasteiger partial charge in [0.25, 0.3) is 0 Å². The molecule has 0 saturated heterocycles. The topological polar surface area (TPSA) is 96.0 Å². The molecule has 0 aliphatic rings. The monoisotopic (exact) mass is 537 g/mol. The molecule has 8 nitrogen and oxygen atoms in total. The van der Waals surface area contributed by atoms with E-state index in [-0.39, 0.29) is 37.7 Å². The van der Waals surface area contributed by atoms with Crippen LogP contribution in [0.25, 0.3) is 0 Å². The molecule has 0 bridgehead atoms. The lowest BCUT2D eigenvalue weighted by atomic mass is 10.1. The summed E-state index contributed by atoms with van der Waals surface area (Å²) in [5.74, 6) is -0.0252. The van der Waals surface area contributed by atoms with E-state index in [4.69, 9.17) is 16.3 Å². The van der Waals surface area contributed by atoms with Gasteiger partial charge < -0.3 is 15.0 Å². The molecule has 0 aliphatic heterocycles. The van der Waals surface area contributed by atoms with Crippen molar-refractivity contribution in [3.05, 3.63) is 59.1 Å². The summed E-state index contributed by atoms with van der Waals surface area (Å²) >= 11 is 6.34. The number of para-hydroxylation sites is 2. The Morgan fingerprint density at radius 3 is 2.33 bits per heavy atom. The van der Waals surface area contributed by atoms with Crippen molar-refractivity contribution in [2.24, 2.45) is 0 Å². The minimum Gasteiger partial charge on any atom is -0.492 e. The number of hydrogen-bond donors (Lipinski definition) is 1. The molecule has 0 saturated carbocycles. The number of carbonyl (C=O) groups is 2. The molecule has 2 amide bonds. The molecule has 0 aromatic heterocycles. The zero-order valence-electron chi connectivity index (χ0n) is 21.4.